The molecule has 2 aromatic carbocycles. The van der Waals surface area contributed by atoms with Crippen LogP contribution in [0.5, 0.6) is 0 Å². The van der Waals surface area contributed by atoms with Gasteiger partial charge in [0, 0.05) is 0 Å². The van der Waals surface area contributed by atoms with Crippen molar-refractivity contribution in [2.75, 3.05) is 6.61 Å². The Morgan fingerprint density at radius 1 is 0.793 bits per heavy atom. The van der Waals surface area contributed by atoms with Gasteiger partial charge in [0.05, 0.1) is 6.61 Å². The van der Waals surface area contributed by atoms with Crippen molar-refractivity contribution < 1.29 is 29.6 Å². The molecule has 7 heteroatoms. The molecule has 4 N–H and O–H groups in total. The third kappa shape index (κ3) is 4.18. The van der Waals surface area contributed by atoms with Crippen LogP contribution >= 0.6 is 0 Å². The molecule has 1 saturated heterocycles. The second kappa shape index (κ2) is 8.65. The van der Waals surface area contributed by atoms with Gasteiger partial charge in [-0.25, -0.2) is 0 Å². The van der Waals surface area contributed by atoms with Crippen molar-refractivity contribution in [2.45, 2.75) is 56.5 Å². The van der Waals surface area contributed by atoms with Gasteiger partial charge in [-0.1, -0.05) is 81.4 Å². The van der Waals surface area contributed by atoms with E-state index < -0.39 is 39.0 Å². The smallest absolute Gasteiger partial charge is 0.261 e. The monoisotopic (exact) mass is 418 g/mol. The second-order valence-corrected chi connectivity index (χ2v) is 12.8. The van der Waals surface area contributed by atoms with E-state index in [2.05, 4.69) is 45.0 Å². The molecule has 0 radical (unpaired) electrons. The molecule has 1 aliphatic heterocycles. The third-order valence-electron chi connectivity index (χ3n) is 5.57. The molecule has 1 fully saturated rings. The average Bonchev–Trinajstić information content (AvgIpc) is 2.71. The zero-order valence-electron chi connectivity index (χ0n) is 17.0. The highest BCUT2D eigenvalue weighted by atomic mass is 28.4. The summed E-state index contributed by atoms with van der Waals surface area (Å²) in [4.78, 5) is 0. The Morgan fingerprint density at radius 2 is 1.28 bits per heavy atom. The summed E-state index contributed by atoms with van der Waals surface area (Å²) in [6.45, 7) is 6.36. The summed E-state index contributed by atoms with van der Waals surface area (Å²) < 4.78 is 12.0. The molecule has 158 valence electrons. The predicted molar refractivity (Wildman–Crippen MR) is 112 cm³/mol. The van der Waals surface area contributed by atoms with Crippen molar-refractivity contribution in [2.24, 2.45) is 0 Å². The summed E-state index contributed by atoms with van der Waals surface area (Å²) in [5.41, 5.74) is 0. The first kappa shape index (κ1) is 22.1. The number of aliphatic hydroxyl groups is 4. The Bertz CT molecular complexity index is 739. The van der Waals surface area contributed by atoms with E-state index in [1.807, 2.05) is 36.4 Å². The molecular formula is C22H30O6Si. The van der Waals surface area contributed by atoms with E-state index in [4.69, 9.17) is 9.16 Å². The highest BCUT2D eigenvalue weighted by molar-refractivity contribution is 6.99. The van der Waals surface area contributed by atoms with Crippen LogP contribution in [0.25, 0.3) is 0 Å². The van der Waals surface area contributed by atoms with Crippen LogP contribution in [-0.4, -0.2) is 66.1 Å². The summed E-state index contributed by atoms with van der Waals surface area (Å²) in [6, 6.07) is 20.0. The second-order valence-electron chi connectivity index (χ2n) is 8.51. The van der Waals surface area contributed by atoms with Gasteiger partial charge < -0.3 is 29.6 Å². The predicted octanol–water partition coefficient (Wildman–Crippen LogP) is 0.363. The fourth-order valence-corrected chi connectivity index (χ4v) is 8.61. The van der Waals surface area contributed by atoms with E-state index in [-0.39, 0.29) is 11.6 Å². The number of aliphatic hydroxyl groups excluding tert-OH is 4. The summed E-state index contributed by atoms with van der Waals surface area (Å²) in [7, 11) is -2.84. The molecule has 29 heavy (non-hydrogen) atoms. The summed E-state index contributed by atoms with van der Waals surface area (Å²) in [5, 5.41) is 41.9. The number of hydrogen-bond acceptors (Lipinski definition) is 6. The van der Waals surface area contributed by atoms with Crippen molar-refractivity contribution >= 4 is 18.7 Å². The minimum Gasteiger partial charge on any atom is -0.405 e. The van der Waals surface area contributed by atoms with Crippen LogP contribution in [0.3, 0.4) is 0 Å². The molecule has 1 aliphatic rings. The molecule has 3 rings (SSSR count). The maximum absolute atomic E-state index is 10.4. The van der Waals surface area contributed by atoms with E-state index in [0.29, 0.717) is 0 Å². The van der Waals surface area contributed by atoms with Crippen LogP contribution in [0.2, 0.25) is 5.04 Å². The van der Waals surface area contributed by atoms with Gasteiger partial charge in [-0.15, -0.1) is 0 Å². The van der Waals surface area contributed by atoms with Gasteiger partial charge in [0.25, 0.3) is 8.32 Å². The number of benzene rings is 2. The molecule has 0 aliphatic carbocycles. The molecular weight excluding hydrogens is 388 g/mol. The Hall–Kier alpha value is -1.58. The topological polar surface area (TPSA) is 99.4 Å². The van der Waals surface area contributed by atoms with Gasteiger partial charge in [-0.2, -0.15) is 0 Å². The summed E-state index contributed by atoms with van der Waals surface area (Å²) in [5.74, 6) is 0. The van der Waals surface area contributed by atoms with Crippen molar-refractivity contribution in [1.82, 2.24) is 0 Å². The molecule has 0 amide bonds. The van der Waals surface area contributed by atoms with E-state index in [9.17, 15) is 20.4 Å². The van der Waals surface area contributed by atoms with Crippen molar-refractivity contribution in [3.63, 3.8) is 0 Å². The molecule has 0 spiro atoms. The molecule has 0 aromatic heterocycles. The van der Waals surface area contributed by atoms with Crippen LogP contribution in [0, 0.1) is 0 Å². The van der Waals surface area contributed by atoms with E-state index in [1.54, 1.807) is 0 Å². The fourth-order valence-electron chi connectivity index (χ4n) is 4.04. The first-order valence-corrected chi connectivity index (χ1v) is 11.7. The maximum atomic E-state index is 10.4. The van der Waals surface area contributed by atoms with Crippen molar-refractivity contribution in [1.29, 1.82) is 0 Å². The average molecular weight is 419 g/mol. The standard InChI is InChI=1S/C22H30O6Si/c1-22(2,3)29(15-10-6-4-7-11-15,16-12-8-5-9-13-16)27-14-17-18(23)19(24)20(25)21(26)28-17/h4-13,17-21,23-26H,14H2,1-3H3/t17-,18-,19+,20+,21+/m1/s1. The van der Waals surface area contributed by atoms with Gasteiger partial charge >= 0.3 is 0 Å². The molecule has 1 heterocycles. The van der Waals surface area contributed by atoms with Gasteiger partial charge in [-0.05, 0) is 15.4 Å². The third-order valence-corrected chi connectivity index (χ3v) is 10.6. The minimum absolute atomic E-state index is 0.0325. The Balaban J connectivity index is 2.00. The van der Waals surface area contributed by atoms with Gasteiger partial charge in [0.2, 0.25) is 0 Å². The zero-order valence-corrected chi connectivity index (χ0v) is 18.0. The highest BCUT2D eigenvalue weighted by Crippen LogP contribution is 2.37. The van der Waals surface area contributed by atoms with Crippen molar-refractivity contribution in [3.8, 4) is 0 Å². The summed E-state index contributed by atoms with van der Waals surface area (Å²) >= 11 is 0. The maximum Gasteiger partial charge on any atom is 0.261 e. The first-order valence-electron chi connectivity index (χ1n) is 9.81. The van der Waals surface area contributed by atoms with Gasteiger partial charge in [-0.3, -0.25) is 0 Å². The van der Waals surface area contributed by atoms with Crippen molar-refractivity contribution in [3.05, 3.63) is 60.7 Å². The number of ether oxygens (including phenoxy) is 1. The van der Waals surface area contributed by atoms with E-state index in [1.165, 1.54) is 0 Å². The minimum atomic E-state index is -2.84. The SMILES string of the molecule is CC(C)(C)[Si](OC[C@H]1O[C@H](O)[C@@H](O)[C@@H](O)[C@@H]1O)(c1ccccc1)c1ccccc1. The Morgan fingerprint density at radius 3 is 1.72 bits per heavy atom. The first-order chi connectivity index (χ1) is 13.7. The van der Waals surface area contributed by atoms with Crippen LogP contribution < -0.4 is 10.4 Å². The number of rotatable bonds is 5. The largest absolute Gasteiger partial charge is 0.405 e. The fraction of sp³-hybridized carbons (Fsp3) is 0.455. The Kier molecular flexibility index (Phi) is 6.60. The molecule has 2 aromatic rings. The lowest BCUT2D eigenvalue weighted by Crippen LogP contribution is -2.68. The lowest BCUT2D eigenvalue weighted by Gasteiger charge is -2.45. The van der Waals surface area contributed by atoms with Crippen LogP contribution in [0.4, 0.5) is 0 Å². The van der Waals surface area contributed by atoms with Crippen LogP contribution in [0.1, 0.15) is 20.8 Å². The van der Waals surface area contributed by atoms with Gasteiger partial charge in [0.1, 0.15) is 24.4 Å². The van der Waals surface area contributed by atoms with Crippen LogP contribution in [0.15, 0.2) is 60.7 Å². The van der Waals surface area contributed by atoms with E-state index >= 15 is 0 Å². The molecule has 5 atom stereocenters. The molecule has 0 bridgehead atoms. The Labute approximate surface area is 172 Å². The number of hydrogen-bond donors (Lipinski definition) is 4. The lowest BCUT2D eigenvalue weighted by molar-refractivity contribution is -0.285. The van der Waals surface area contributed by atoms with E-state index in [0.717, 1.165) is 10.4 Å². The molecule has 6 nitrogen and oxygen atoms in total. The highest BCUT2D eigenvalue weighted by Gasteiger charge is 2.52. The zero-order chi connectivity index (χ0) is 21.2. The van der Waals surface area contributed by atoms with Crippen LogP contribution in [-0.2, 0) is 9.16 Å². The normalized spacial score (nSPS) is 28.3. The summed E-state index contributed by atoms with van der Waals surface area (Å²) in [6.07, 6.45) is -6.99. The lowest BCUT2D eigenvalue weighted by atomic mass is 10.00. The molecule has 0 saturated carbocycles. The van der Waals surface area contributed by atoms with Gasteiger partial charge in [0.15, 0.2) is 6.29 Å². The molecule has 0 unspecified atom stereocenters. The quantitative estimate of drug-likeness (QED) is 0.524.